The highest BCUT2D eigenvalue weighted by molar-refractivity contribution is 7.89. The van der Waals surface area contributed by atoms with Gasteiger partial charge in [-0.25, -0.2) is 8.42 Å². The molecule has 1 heterocycles. The molecule has 0 spiro atoms. The van der Waals surface area contributed by atoms with Crippen molar-refractivity contribution in [2.24, 2.45) is 5.92 Å². The number of likely N-dealkylation sites (N-methyl/N-ethyl adjacent to an activating group) is 1. The van der Waals surface area contributed by atoms with Crippen LogP contribution in [0.15, 0.2) is 47.4 Å². The maximum absolute atomic E-state index is 13.6. The van der Waals surface area contributed by atoms with E-state index in [2.05, 4.69) is 0 Å². The van der Waals surface area contributed by atoms with E-state index in [0.717, 1.165) is 16.7 Å². The number of methoxy groups -OCH3 is 1. The number of aryl methyl sites for hydroxylation is 1. The molecule has 0 bridgehead atoms. The molecular weight excluding hydrogens is 456 g/mol. The van der Waals surface area contributed by atoms with Crippen molar-refractivity contribution < 1.29 is 27.8 Å². The number of aliphatic hydroxyl groups excluding tert-OH is 1. The molecule has 34 heavy (non-hydrogen) atoms. The highest BCUT2D eigenvalue weighted by Crippen LogP contribution is 2.36. The van der Waals surface area contributed by atoms with Crippen LogP contribution in [0.5, 0.6) is 5.75 Å². The largest absolute Gasteiger partial charge is 0.487 e. The molecule has 0 unspecified atom stereocenters. The molecule has 0 aliphatic carbocycles. The molecular formula is C25H34N2O6S. The number of fused-ring (bicyclic) bond motifs is 1. The molecule has 1 aliphatic heterocycles. The van der Waals surface area contributed by atoms with Crippen molar-refractivity contribution in [3.63, 3.8) is 0 Å². The van der Waals surface area contributed by atoms with Gasteiger partial charge in [-0.15, -0.1) is 0 Å². The van der Waals surface area contributed by atoms with Gasteiger partial charge in [0.1, 0.15) is 23.4 Å². The van der Waals surface area contributed by atoms with Gasteiger partial charge in [0.2, 0.25) is 15.9 Å². The normalized spacial score (nSPS) is 21.0. The van der Waals surface area contributed by atoms with E-state index < -0.39 is 22.2 Å². The molecule has 186 valence electrons. The Kier molecular flexibility index (Phi) is 8.35. The summed E-state index contributed by atoms with van der Waals surface area (Å²) in [6.07, 6.45) is -0.471. The van der Waals surface area contributed by atoms with E-state index in [4.69, 9.17) is 9.47 Å². The first-order valence-corrected chi connectivity index (χ1v) is 12.8. The molecule has 1 N–H and O–H groups in total. The fourth-order valence-corrected chi connectivity index (χ4v) is 5.80. The van der Waals surface area contributed by atoms with Crippen molar-refractivity contribution in [1.29, 1.82) is 0 Å². The van der Waals surface area contributed by atoms with Crippen molar-refractivity contribution in [2.45, 2.75) is 37.8 Å². The Morgan fingerprint density at radius 3 is 2.50 bits per heavy atom. The van der Waals surface area contributed by atoms with Gasteiger partial charge in [-0.3, -0.25) is 4.79 Å². The zero-order valence-electron chi connectivity index (χ0n) is 20.4. The quantitative estimate of drug-likeness (QED) is 0.641. The Bertz CT molecular complexity index is 1100. The number of ether oxygens (including phenoxy) is 2. The van der Waals surface area contributed by atoms with Crippen LogP contribution in [0.3, 0.4) is 0 Å². The number of hydrogen-bond acceptors (Lipinski definition) is 6. The molecule has 0 saturated carbocycles. The summed E-state index contributed by atoms with van der Waals surface area (Å²) in [4.78, 5) is 13.9. The second kappa shape index (κ2) is 10.9. The summed E-state index contributed by atoms with van der Waals surface area (Å²) in [6, 6.07) is 12.4. The molecule has 0 saturated heterocycles. The Morgan fingerprint density at radius 2 is 1.88 bits per heavy atom. The first kappa shape index (κ1) is 26.2. The summed E-state index contributed by atoms with van der Waals surface area (Å²) < 4.78 is 39.8. The van der Waals surface area contributed by atoms with Crippen LogP contribution in [0.25, 0.3) is 11.1 Å². The zero-order valence-corrected chi connectivity index (χ0v) is 21.2. The first-order chi connectivity index (χ1) is 16.1. The minimum absolute atomic E-state index is 0.0476. The van der Waals surface area contributed by atoms with Gasteiger partial charge < -0.3 is 19.5 Å². The molecule has 2 aromatic rings. The molecule has 2 aromatic carbocycles. The molecule has 8 nitrogen and oxygen atoms in total. The average Bonchev–Trinajstić information content (AvgIpc) is 2.81. The van der Waals surface area contributed by atoms with Gasteiger partial charge in [0.25, 0.3) is 0 Å². The van der Waals surface area contributed by atoms with Crippen LogP contribution in [0.2, 0.25) is 0 Å². The first-order valence-electron chi connectivity index (χ1n) is 11.3. The summed E-state index contributed by atoms with van der Waals surface area (Å²) in [5.41, 5.74) is 2.89. The third-order valence-corrected chi connectivity index (χ3v) is 8.22. The summed E-state index contributed by atoms with van der Waals surface area (Å²) >= 11 is 0. The Labute approximate surface area is 202 Å². The van der Waals surface area contributed by atoms with Crippen molar-refractivity contribution in [3.05, 3.63) is 48.0 Å². The fourth-order valence-electron chi connectivity index (χ4n) is 3.97. The van der Waals surface area contributed by atoms with Crippen LogP contribution in [0, 0.1) is 12.8 Å². The van der Waals surface area contributed by atoms with Gasteiger partial charge in [-0.1, -0.05) is 42.8 Å². The molecule has 0 radical (unpaired) electrons. The highest BCUT2D eigenvalue weighted by atomic mass is 32.2. The average molecular weight is 491 g/mol. The molecule has 0 fully saturated rings. The van der Waals surface area contributed by atoms with Crippen molar-refractivity contribution >= 4 is 15.9 Å². The van der Waals surface area contributed by atoms with Crippen LogP contribution in [-0.4, -0.2) is 81.2 Å². The van der Waals surface area contributed by atoms with Gasteiger partial charge in [-0.05, 0) is 37.1 Å². The van der Waals surface area contributed by atoms with Gasteiger partial charge in [-0.2, -0.15) is 4.31 Å². The molecule has 1 amide bonds. The predicted octanol–water partition coefficient (Wildman–Crippen LogP) is 2.54. The smallest absolute Gasteiger partial charge is 0.248 e. The van der Waals surface area contributed by atoms with Gasteiger partial charge >= 0.3 is 0 Å². The van der Waals surface area contributed by atoms with Crippen LogP contribution >= 0.6 is 0 Å². The fraction of sp³-hybridized carbons (Fsp3) is 0.480. The van der Waals surface area contributed by atoms with Gasteiger partial charge in [0.15, 0.2) is 0 Å². The zero-order chi connectivity index (χ0) is 25.0. The minimum Gasteiger partial charge on any atom is -0.487 e. The number of benzene rings is 2. The van der Waals surface area contributed by atoms with Crippen LogP contribution in [0.4, 0.5) is 0 Å². The summed E-state index contributed by atoms with van der Waals surface area (Å²) in [7, 11) is -0.789. The number of hydrogen-bond donors (Lipinski definition) is 1. The van der Waals surface area contributed by atoms with Crippen molar-refractivity contribution in [1.82, 2.24) is 9.21 Å². The number of rotatable bonds is 7. The standard InChI is InChI=1S/C25H34N2O6S/c1-17-6-8-20(9-7-17)21-10-11-24-22(12-21)33-23(14-26(4)25(29)16-32-5)18(2)13-27(19(3)15-28)34(24,30)31/h6-12,18-19,23,28H,13-16H2,1-5H3/t18-,19+,23-/m1/s1. The topological polar surface area (TPSA) is 96.4 Å². The number of nitrogens with zero attached hydrogens (tertiary/aromatic N) is 2. The van der Waals surface area contributed by atoms with E-state index in [1.807, 2.05) is 38.1 Å². The SMILES string of the molecule is COCC(=O)N(C)C[C@H]1Oc2cc(-c3ccc(C)cc3)ccc2S(=O)(=O)N([C@@H](C)CO)C[C@H]1C. The highest BCUT2D eigenvalue weighted by Gasteiger charge is 2.38. The summed E-state index contributed by atoms with van der Waals surface area (Å²) in [5.74, 6) is -0.211. The van der Waals surface area contributed by atoms with E-state index in [1.165, 1.54) is 16.3 Å². The van der Waals surface area contributed by atoms with E-state index in [0.29, 0.717) is 0 Å². The van der Waals surface area contributed by atoms with Gasteiger partial charge in [0, 0.05) is 32.7 Å². The lowest BCUT2D eigenvalue weighted by molar-refractivity contribution is -0.135. The predicted molar refractivity (Wildman–Crippen MR) is 130 cm³/mol. The van der Waals surface area contributed by atoms with Gasteiger partial charge in [0.05, 0.1) is 13.2 Å². The van der Waals surface area contributed by atoms with Crippen LogP contribution in [0.1, 0.15) is 19.4 Å². The Balaban J connectivity index is 2.08. The summed E-state index contributed by atoms with van der Waals surface area (Å²) in [5, 5.41) is 9.77. The third kappa shape index (κ3) is 5.60. The number of carbonyl (C=O) groups excluding carboxylic acids is 1. The number of aliphatic hydroxyl groups is 1. The van der Waals surface area contributed by atoms with Crippen molar-refractivity contribution in [2.75, 3.05) is 40.5 Å². The lowest BCUT2D eigenvalue weighted by atomic mass is 10.0. The number of carbonyl (C=O) groups is 1. The molecule has 3 rings (SSSR count). The third-order valence-electron chi connectivity index (χ3n) is 6.20. The van der Waals surface area contributed by atoms with E-state index >= 15 is 0 Å². The second-order valence-electron chi connectivity index (χ2n) is 8.97. The maximum Gasteiger partial charge on any atom is 0.248 e. The van der Waals surface area contributed by atoms with Crippen molar-refractivity contribution in [3.8, 4) is 16.9 Å². The Hall–Kier alpha value is -2.46. The summed E-state index contributed by atoms with van der Waals surface area (Å²) in [6.45, 7) is 5.63. The monoisotopic (exact) mass is 490 g/mol. The minimum atomic E-state index is -3.92. The lowest BCUT2D eigenvalue weighted by Gasteiger charge is -2.37. The number of sulfonamides is 1. The molecule has 9 heteroatoms. The van der Waals surface area contributed by atoms with E-state index in [1.54, 1.807) is 32.2 Å². The maximum atomic E-state index is 13.6. The van der Waals surface area contributed by atoms with E-state index in [9.17, 15) is 18.3 Å². The molecule has 3 atom stereocenters. The lowest BCUT2D eigenvalue weighted by Crippen LogP contribution is -2.50. The van der Waals surface area contributed by atoms with Crippen LogP contribution in [-0.2, 0) is 19.6 Å². The van der Waals surface area contributed by atoms with Crippen LogP contribution < -0.4 is 4.74 Å². The Morgan fingerprint density at radius 1 is 1.24 bits per heavy atom. The second-order valence-corrected chi connectivity index (χ2v) is 10.8. The molecule has 0 aromatic heterocycles. The molecule has 1 aliphatic rings. The van der Waals surface area contributed by atoms with E-state index in [-0.39, 0.29) is 48.8 Å². The number of amides is 1.